The van der Waals surface area contributed by atoms with Gasteiger partial charge in [-0.15, -0.1) is 0 Å². The zero-order valence-corrected chi connectivity index (χ0v) is 18.0. The summed E-state index contributed by atoms with van der Waals surface area (Å²) < 4.78 is 6.10. The van der Waals surface area contributed by atoms with Crippen molar-refractivity contribution in [3.8, 4) is 0 Å². The molecule has 0 saturated carbocycles. The molecule has 29 heavy (non-hydrogen) atoms. The molecular weight excluding hydrogens is 383 g/mol. The second-order valence-corrected chi connectivity index (χ2v) is 9.39. The van der Waals surface area contributed by atoms with Gasteiger partial charge in [-0.05, 0) is 39.1 Å². The third-order valence-electron chi connectivity index (χ3n) is 5.78. The van der Waals surface area contributed by atoms with E-state index in [-0.39, 0.29) is 11.7 Å². The van der Waals surface area contributed by atoms with E-state index in [1.54, 1.807) is 6.08 Å². The van der Waals surface area contributed by atoms with Gasteiger partial charge in [0, 0.05) is 54.8 Å². The summed E-state index contributed by atoms with van der Waals surface area (Å²) >= 11 is 0. The second kappa shape index (κ2) is 7.12. The topological polar surface area (TPSA) is 52.8 Å². The number of allylic oxidation sites excluding steroid dienone is 1. The summed E-state index contributed by atoms with van der Waals surface area (Å²) in [4.78, 5) is 24.0. The molecular formula is C22H25N4O2P. The van der Waals surface area contributed by atoms with E-state index in [1.165, 1.54) is 0 Å². The third kappa shape index (κ3) is 3.41. The van der Waals surface area contributed by atoms with E-state index in [1.807, 2.05) is 37.1 Å². The fourth-order valence-corrected chi connectivity index (χ4v) is 5.48. The monoisotopic (exact) mass is 408 g/mol. The zero-order valence-electron chi connectivity index (χ0n) is 17.0. The van der Waals surface area contributed by atoms with Gasteiger partial charge in [-0.1, -0.05) is 14.7 Å². The summed E-state index contributed by atoms with van der Waals surface area (Å²) in [7, 11) is 2.60. The van der Waals surface area contributed by atoms with E-state index in [2.05, 4.69) is 34.0 Å². The smallest absolute Gasteiger partial charge is 0.252 e. The predicted molar refractivity (Wildman–Crippen MR) is 117 cm³/mol. The Morgan fingerprint density at radius 2 is 1.97 bits per heavy atom. The van der Waals surface area contributed by atoms with Crippen molar-refractivity contribution >= 4 is 30.8 Å². The van der Waals surface area contributed by atoms with Crippen LogP contribution in [0.25, 0.3) is 16.3 Å². The first-order valence-electron chi connectivity index (χ1n) is 10.0. The van der Waals surface area contributed by atoms with E-state index in [9.17, 15) is 4.79 Å². The lowest BCUT2D eigenvalue weighted by Gasteiger charge is -2.39. The number of nitrogens with zero attached hydrogens (tertiary/aromatic N) is 4. The van der Waals surface area contributed by atoms with Gasteiger partial charge in [0.15, 0.2) is 5.58 Å². The number of carbonyl (C=O) groups is 1. The van der Waals surface area contributed by atoms with E-state index in [0.29, 0.717) is 8.58 Å². The third-order valence-corrected chi connectivity index (χ3v) is 7.25. The van der Waals surface area contributed by atoms with Crippen LogP contribution in [0.4, 0.5) is 0 Å². The van der Waals surface area contributed by atoms with Crippen molar-refractivity contribution in [1.82, 2.24) is 19.7 Å². The van der Waals surface area contributed by atoms with Gasteiger partial charge in [-0.25, -0.2) is 0 Å². The molecule has 2 atom stereocenters. The van der Waals surface area contributed by atoms with Crippen LogP contribution in [0, 0.1) is 13.8 Å². The van der Waals surface area contributed by atoms with Crippen molar-refractivity contribution in [3.05, 3.63) is 59.4 Å². The number of amides is 1. The van der Waals surface area contributed by atoms with Crippen LogP contribution in [0.15, 0.2) is 46.7 Å². The molecule has 1 saturated heterocycles. The Morgan fingerprint density at radius 3 is 2.76 bits per heavy atom. The number of furan rings is 1. The maximum atomic E-state index is 12.9. The molecule has 0 aromatic carbocycles. The minimum atomic E-state index is 0.0196. The van der Waals surface area contributed by atoms with Crippen molar-refractivity contribution in [2.75, 3.05) is 33.2 Å². The Kier molecular flexibility index (Phi) is 4.56. The van der Waals surface area contributed by atoms with E-state index < -0.39 is 0 Å². The number of fused-ring (bicyclic) bond motifs is 2. The number of piperazine rings is 1. The number of rotatable bonds is 2. The lowest BCUT2D eigenvalue weighted by atomic mass is 10.2. The highest BCUT2D eigenvalue weighted by molar-refractivity contribution is 7.51. The number of hydrogen-bond acceptors (Lipinski definition) is 5. The fraction of sp³-hybridized carbons (Fsp3) is 0.364. The van der Waals surface area contributed by atoms with Crippen LogP contribution in [0.3, 0.4) is 0 Å². The highest BCUT2D eigenvalue weighted by Crippen LogP contribution is 2.46. The normalized spacial score (nSPS) is 23.6. The van der Waals surface area contributed by atoms with E-state index >= 15 is 0 Å². The number of carbonyl (C=O) groups excluding carboxylic acids is 1. The van der Waals surface area contributed by atoms with Crippen LogP contribution in [-0.2, 0) is 4.79 Å². The Morgan fingerprint density at radius 1 is 1.17 bits per heavy atom. The molecule has 0 N–H and O–H groups in total. The van der Waals surface area contributed by atoms with E-state index in [0.717, 1.165) is 65.3 Å². The van der Waals surface area contributed by atoms with Crippen molar-refractivity contribution in [2.24, 2.45) is 0 Å². The fourth-order valence-electron chi connectivity index (χ4n) is 4.16. The zero-order chi connectivity index (χ0) is 20.1. The first-order chi connectivity index (χ1) is 14.0. The van der Waals surface area contributed by atoms with Gasteiger partial charge in [-0.2, -0.15) is 0 Å². The minimum Gasteiger partial charge on any atom is -0.454 e. The average Bonchev–Trinajstić information content (AvgIpc) is 3.13. The van der Waals surface area contributed by atoms with Gasteiger partial charge in [0.05, 0.1) is 17.2 Å². The molecule has 3 aliphatic heterocycles. The van der Waals surface area contributed by atoms with Crippen LogP contribution < -0.4 is 0 Å². The molecule has 1 amide bonds. The summed E-state index contributed by atoms with van der Waals surface area (Å²) in [5.41, 5.74) is 3.80. The van der Waals surface area contributed by atoms with Gasteiger partial charge in [-0.3, -0.25) is 9.78 Å². The molecule has 2 aromatic heterocycles. The summed E-state index contributed by atoms with van der Waals surface area (Å²) in [5, 5.41) is 2.02. The first-order valence-corrected chi connectivity index (χ1v) is 11.1. The number of pyridine rings is 1. The summed E-state index contributed by atoms with van der Waals surface area (Å²) in [6, 6.07) is 4.07. The highest BCUT2D eigenvalue weighted by Gasteiger charge is 2.31. The minimum absolute atomic E-state index is 0.0196. The van der Waals surface area contributed by atoms with Crippen LogP contribution in [0.1, 0.15) is 17.1 Å². The number of hydrogen-bond donors (Lipinski definition) is 0. The van der Waals surface area contributed by atoms with Gasteiger partial charge >= 0.3 is 0 Å². The Balaban J connectivity index is 1.41. The average molecular weight is 408 g/mol. The lowest BCUT2D eigenvalue weighted by Crippen LogP contribution is -2.45. The van der Waals surface area contributed by atoms with Crippen molar-refractivity contribution in [2.45, 2.75) is 19.6 Å². The van der Waals surface area contributed by atoms with Crippen molar-refractivity contribution in [3.63, 3.8) is 0 Å². The molecule has 5 rings (SSSR count). The Labute approximate surface area is 172 Å². The first kappa shape index (κ1) is 18.6. The second-order valence-electron chi connectivity index (χ2n) is 7.97. The summed E-state index contributed by atoms with van der Waals surface area (Å²) in [6.45, 7) is 8.03. The molecule has 0 radical (unpaired) electrons. The predicted octanol–water partition coefficient (Wildman–Crippen LogP) is 3.29. The van der Waals surface area contributed by atoms with Gasteiger partial charge < -0.3 is 19.1 Å². The molecule has 0 aliphatic carbocycles. The number of aromatic nitrogens is 1. The van der Waals surface area contributed by atoms with Gasteiger partial charge in [0.2, 0.25) is 0 Å². The number of aryl methyl sites for hydroxylation is 2. The van der Waals surface area contributed by atoms with Crippen LogP contribution in [0.2, 0.25) is 0 Å². The summed E-state index contributed by atoms with van der Waals surface area (Å²) in [6.07, 6.45) is 8.09. The van der Waals surface area contributed by atoms with Crippen molar-refractivity contribution < 1.29 is 9.21 Å². The number of likely N-dealkylation sites (N-methyl/N-ethyl adjacent to an activating group) is 1. The quantitative estimate of drug-likeness (QED) is 0.714. The molecule has 2 unspecified atom stereocenters. The molecule has 0 bridgehead atoms. The van der Waals surface area contributed by atoms with Gasteiger partial charge in [0.25, 0.3) is 5.91 Å². The van der Waals surface area contributed by atoms with E-state index in [4.69, 9.17) is 4.42 Å². The Bertz CT molecular complexity index is 1080. The largest absolute Gasteiger partial charge is 0.454 e. The summed E-state index contributed by atoms with van der Waals surface area (Å²) in [5.74, 6) is 0.864. The maximum Gasteiger partial charge on any atom is 0.252 e. The molecule has 7 heteroatoms. The molecule has 5 heterocycles. The standard InChI is InChI=1S/C22H25N4O2P/c1-14-10-16-11-18(28-22(16)15(2)23-14)19-12-20(27)26-13-17(4-5-21(26)29-19)25-8-6-24(3)7-9-25/h4-5,10-13,21,29H,6-9H2,1-3H3. The maximum absolute atomic E-state index is 12.9. The van der Waals surface area contributed by atoms with Gasteiger partial charge in [0.1, 0.15) is 5.76 Å². The Hall–Kier alpha value is -2.43. The SMILES string of the molecule is Cc1cc2cc(C3=CC(=O)N4C=C(N5CCN(C)CC5)C=CC4P3)oc2c(C)n1. The lowest BCUT2D eigenvalue weighted by molar-refractivity contribution is -0.123. The highest BCUT2D eigenvalue weighted by atomic mass is 31.1. The molecule has 6 nitrogen and oxygen atoms in total. The van der Waals surface area contributed by atoms with Crippen LogP contribution in [0.5, 0.6) is 0 Å². The van der Waals surface area contributed by atoms with Crippen molar-refractivity contribution in [1.29, 1.82) is 0 Å². The van der Waals surface area contributed by atoms with Crippen LogP contribution in [-0.4, -0.2) is 64.6 Å². The molecule has 3 aliphatic rings. The molecule has 0 spiro atoms. The molecule has 150 valence electrons. The molecule has 1 fully saturated rings. The van der Waals surface area contributed by atoms with Crippen LogP contribution >= 0.6 is 8.58 Å². The molecule has 2 aromatic rings.